The SMILES string of the molecule is Cc1c(C(=O)N2C[C@H](C)N[C@@H](C)C2)c[nH]c1C=C1C(=O)Nc2cccc(-c3ccc(Cl)cc3)c21. The van der Waals surface area contributed by atoms with Crippen molar-refractivity contribution < 1.29 is 9.59 Å². The summed E-state index contributed by atoms with van der Waals surface area (Å²) in [5.41, 5.74) is 6.33. The average Bonchev–Trinajstić information content (AvgIpc) is 3.32. The molecule has 6 nitrogen and oxygen atoms in total. The van der Waals surface area contributed by atoms with Crippen LogP contribution in [0.5, 0.6) is 0 Å². The third-order valence-electron chi connectivity index (χ3n) is 6.53. The summed E-state index contributed by atoms with van der Waals surface area (Å²) in [6.45, 7) is 7.44. The summed E-state index contributed by atoms with van der Waals surface area (Å²) in [5.74, 6) is -0.153. The largest absolute Gasteiger partial charge is 0.361 e. The Hall–Kier alpha value is -3.35. The van der Waals surface area contributed by atoms with Crippen molar-refractivity contribution in [3.63, 3.8) is 0 Å². The Bertz CT molecular complexity index is 1300. The van der Waals surface area contributed by atoms with Gasteiger partial charge < -0.3 is 20.5 Å². The number of H-pyrrole nitrogens is 1. The molecule has 2 aliphatic rings. The van der Waals surface area contributed by atoms with Crippen LogP contribution < -0.4 is 10.6 Å². The summed E-state index contributed by atoms with van der Waals surface area (Å²) in [6, 6.07) is 13.9. The van der Waals surface area contributed by atoms with E-state index >= 15 is 0 Å². The van der Waals surface area contributed by atoms with Gasteiger partial charge in [-0.05, 0) is 61.7 Å². The molecule has 2 amide bonds. The molecule has 0 bridgehead atoms. The lowest BCUT2D eigenvalue weighted by Gasteiger charge is -2.36. The number of benzene rings is 2. The van der Waals surface area contributed by atoms with E-state index in [2.05, 4.69) is 29.5 Å². The number of hydrogen-bond acceptors (Lipinski definition) is 3. The lowest BCUT2D eigenvalue weighted by atomic mass is 9.94. The van der Waals surface area contributed by atoms with Gasteiger partial charge in [0.05, 0.1) is 11.1 Å². The van der Waals surface area contributed by atoms with Crippen LogP contribution in [0, 0.1) is 6.92 Å². The monoisotopic (exact) mass is 474 g/mol. The van der Waals surface area contributed by atoms with E-state index in [1.54, 1.807) is 6.20 Å². The lowest BCUT2D eigenvalue weighted by Crippen LogP contribution is -2.55. The lowest BCUT2D eigenvalue weighted by molar-refractivity contribution is -0.110. The molecule has 1 aromatic heterocycles. The first kappa shape index (κ1) is 22.4. The van der Waals surface area contributed by atoms with Crippen molar-refractivity contribution in [2.75, 3.05) is 18.4 Å². The third-order valence-corrected chi connectivity index (χ3v) is 6.78. The average molecular weight is 475 g/mol. The van der Waals surface area contributed by atoms with E-state index < -0.39 is 0 Å². The molecule has 3 aromatic rings. The van der Waals surface area contributed by atoms with Crippen LogP contribution in [0.1, 0.15) is 41.0 Å². The summed E-state index contributed by atoms with van der Waals surface area (Å²) in [7, 11) is 0. The minimum atomic E-state index is -0.164. The number of carbonyl (C=O) groups is 2. The summed E-state index contributed by atoms with van der Waals surface area (Å²) in [6.07, 6.45) is 3.59. The van der Waals surface area contributed by atoms with Gasteiger partial charge in [-0.2, -0.15) is 0 Å². The van der Waals surface area contributed by atoms with Gasteiger partial charge in [-0.15, -0.1) is 0 Å². The Balaban J connectivity index is 1.52. The number of carbonyl (C=O) groups excluding carboxylic acids is 2. The van der Waals surface area contributed by atoms with Crippen LogP contribution in [0.25, 0.3) is 22.8 Å². The molecule has 2 atom stereocenters. The molecule has 34 heavy (non-hydrogen) atoms. The topological polar surface area (TPSA) is 77.2 Å². The highest BCUT2D eigenvalue weighted by Gasteiger charge is 2.30. The molecular formula is C27H27ClN4O2. The molecule has 0 aliphatic carbocycles. The van der Waals surface area contributed by atoms with E-state index in [1.807, 2.05) is 60.4 Å². The van der Waals surface area contributed by atoms with E-state index in [0.29, 0.717) is 29.2 Å². The number of nitrogens with one attached hydrogen (secondary N) is 3. The normalized spacial score (nSPS) is 21.0. The first-order chi connectivity index (χ1) is 16.3. The third kappa shape index (κ3) is 4.04. The van der Waals surface area contributed by atoms with Gasteiger partial charge in [0.25, 0.3) is 11.8 Å². The highest BCUT2D eigenvalue weighted by molar-refractivity contribution is 6.36. The quantitative estimate of drug-likeness (QED) is 0.469. The number of piperazine rings is 1. The molecule has 0 saturated carbocycles. The first-order valence-corrected chi connectivity index (χ1v) is 11.8. The highest BCUT2D eigenvalue weighted by atomic mass is 35.5. The zero-order valence-electron chi connectivity index (χ0n) is 19.4. The fourth-order valence-electron chi connectivity index (χ4n) is 4.95. The summed E-state index contributed by atoms with van der Waals surface area (Å²) < 4.78 is 0. The molecule has 3 N–H and O–H groups in total. The Morgan fingerprint density at radius 2 is 1.79 bits per heavy atom. The van der Waals surface area contributed by atoms with Crippen molar-refractivity contribution in [1.82, 2.24) is 15.2 Å². The van der Waals surface area contributed by atoms with Crippen LogP contribution in [-0.2, 0) is 4.79 Å². The van der Waals surface area contributed by atoms with Gasteiger partial charge in [-0.3, -0.25) is 9.59 Å². The number of rotatable bonds is 3. The Morgan fingerprint density at radius 3 is 2.50 bits per heavy atom. The molecule has 5 rings (SSSR count). The second kappa shape index (κ2) is 8.78. The molecule has 7 heteroatoms. The van der Waals surface area contributed by atoms with Crippen LogP contribution in [0.4, 0.5) is 5.69 Å². The van der Waals surface area contributed by atoms with Crippen molar-refractivity contribution in [3.8, 4) is 11.1 Å². The minimum absolute atomic E-state index is 0.0109. The molecule has 1 fully saturated rings. The number of nitrogens with zero attached hydrogens (tertiary/aromatic N) is 1. The first-order valence-electron chi connectivity index (χ1n) is 11.5. The number of amides is 2. The number of fused-ring (bicyclic) bond motifs is 1. The highest BCUT2D eigenvalue weighted by Crippen LogP contribution is 2.40. The van der Waals surface area contributed by atoms with Crippen LogP contribution in [-0.4, -0.2) is 46.9 Å². The van der Waals surface area contributed by atoms with Gasteiger partial charge in [0.15, 0.2) is 0 Å². The van der Waals surface area contributed by atoms with Crippen molar-refractivity contribution >= 4 is 40.8 Å². The Labute approximate surface area is 204 Å². The Morgan fingerprint density at radius 1 is 1.09 bits per heavy atom. The predicted molar refractivity (Wildman–Crippen MR) is 137 cm³/mol. The van der Waals surface area contributed by atoms with Crippen molar-refractivity contribution in [2.24, 2.45) is 0 Å². The fraction of sp³-hybridized carbons (Fsp3) is 0.259. The van der Waals surface area contributed by atoms with Crippen LogP contribution >= 0.6 is 11.6 Å². The van der Waals surface area contributed by atoms with Gasteiger partial charge >= 0.3 is 0 Å². The van der Waals surface area contributed by atoms with E-state index in [1.165, 1.54) is 0 Å². The molecule has 0 unspecified atom stereocenters. The molecule has 174 valence electrons. The summed E-state index contributed by atoms with van der Waals surface area (Å²) in [5, 5.41) is 7.09. The number of hydrogen-bond donors (Lipinski definition) is 3. The number of aromatic nitrogens is 1. The van der Waals surface area contributed by atoms with Crippen molar-refractivity contribution in [2.45, 2.75) is 32.9 Å². The Kier molecular flexibility index (Phi) is 5.80. The fourth-order valence-corrected chi connectivity index (χ4v) is 5.07. The smallest absolute Gasteiger partial charge is 0.256 e. The molecule has 2 aliphatic heterocycles. The molecule has 1 saturated heterocycles. The maximum Gasteiger partial charge on any atom is 0.256 e. The van der Waals surface area contributed by atoms with Crippen molar-refractivity contribution in [3.05, 3.63) is 76.1 Å². The maximum atomic E-state index is 13.3. The molecular weight excluding hydrogens is 448 g/mol. The second-order valence-corrected chi connectivity index (χ2v) is 9.60. The van der Waals surface area contributed by atoms with Crippen LogP contribution in [0.3, 0.4) is 0 Å². The van der Waals surface area contributed by atoms with Gasteiger partial charge in [-0.1, -0.05) is 35.9 Å². The number of anilines is 1. The van der Waals surface area contributed by atoms with Gasteiger partial charge in [-0.25, -0.2) is 0 Å². The summed E-state index contributed by atoms with van der Waals surface area (Å²) >= 11 is 6.08. The molecule has 3 heterocycles. The predicted octanol–water partition coefficient (Wildman–Crippen LogP) is 4.96. The van der Waals surface area contributed by atoms with Crippen molar-refractivity contribution in [1.29, 1.82) is 0 Å². The summed E-state index contributed by atoms with van der Waals surface area (Å²) in [4.78, 5) is 31.3. The van der Waals surface area contributed by atoms with E-state index in [0.717, 1.165) is 33.6 Å². The van der Waals surface area contributed by atoms with E-state index in [-0.39, 0.29) is 23.9 Å². The van der Waals surface area contributed by atoms with Crippen LogP contribution in [0.2, 0.25) is 5.02 Å². The maximum absolute atomic E-state index is 13.3. The standard InChI is InChI=1S/C27H27ClN4O2/c1-15-13-32(14-16(2)30-15)27(34)22-12-29-24(17(22)3)11-21-25-20(18-7-9-19(28)10-8-18)5-4-6-23(25)31-26(21)33/h4-12,15-16,29-30H,13-14H2,1-3H3,(H,31,33)/t15-,16-/m0/s1. The molecule has 0 radical (unpaired) electrons. The number of halogens is 1. The second-order valence-electron chi connectivity index (χ2n) is 9.17. The van der Waals surface area contributed by atoms with Gasteiger partial charge in [0, 0.05) is 53.3 Å². The van der Waals surface area contributed by atoms with Crippen LogP contribution in [0.15, 0.2) is 48.7 Å². The molecule has 2 aromatic carbocycles. The molecule has 0 spiro atoms. The van der Waals surface area contributed by atoms with Gasteiger partial charge in [0.1, 0.15) is 0 Å². The number of aromatic amines is 1. The van der Waals surface area contributed by atoms with E-state index in [9.17, 15) is 9.59 Å². The van der Waals surface area contributed by atoms with E-state index in [4.69, 9.17) is 11.6 Å². The minimum Gasteiger partial charge on any atom is -0.361 e. The zero-order valence-corrected chi connectivity index (χ0v) is 20.2. The van der Waals surface area contributed by atoms with Gasteiger partial charge in [0.2, 0.25) is 0 Å². The zero-order chi connectivity index (χ0) is 24.0.